The summed E-state index contributed by atoms with van der Waals surface area (Å²) >= 11 is 0. The number of rotatable bonds is 4. The zero-order chi connectivity index (χ0) is 17.4. The average molecular weight is 313 g/mol. The minimum absolute atomic E-state index is 0.0132. The zero-order valence-corrected chi connectivity index (χ0v) is 13.5. The molecule has 6 nitrogen and oxygen atoms in total. The molecule has 0 bridgehead atoms. The Hall–Kier alpha value is -2.81. The topological polar surface area (TPSA) is 102 Å². The second-order valence-corrected chi connectivity index (χ2v) is 6.61. The average Bonchev–Trinajstić information content (AvgIpc) is 2.49. The van der Waals surface area contributed by atoms with Crippen LogP contribution in [-0.2, 0) is 0 Å². The highest BCUT2D eigenvalue weighted by Gasteiger charge is 2.27. The molecule has 2 aromatic rings. The molecule has 23 heavy (non-hydrogen) atoms. The van der Waals surface area contributed by atoms with E-state index in [0.717, 1.165) is 0 Å². The van der Waals surface area contributed by atoms with E-state index in [9.17, 15) is 14.7 Å². The van der Waals surface area contributed by atoms with E-state index in [4.69, 9.17) is 5.26 Å². The summed E-state index contributed by atoms with van der Waals surface area (Å²) < 4.78 is 0. The van der Waals surface area contributed by atoms with Gasteiger partial charge in [-0.2, -0.15) is 5.26 Å². The van der Waals surface area contributed by atoms with Crippen molar-refractivity contribution in [3.8, 4) is 11.8 Å². The van der Waals surface area contributed by atoms with Crippen LogP contribution in [0.1, 0.15) is 33.3 Å². The number of nitrogens with zero attached hydrogens (tertiary/aromatic N) is 1. The van der Waals surface area contributed by atoms with Gasteiger partial charge < -0.3 is 15.7 Å². The predicted molar refractivity (Wildman–Crippen MR) is 90.0 cm³/mol. The molecule has 2 aromatic carbocycles. The molecular formula is C17H19N3O3. The van der Waals surface area contributed by atoms with Crippen LogP contribution in [0.2, 0.25) is 0 Å². The number of nitrogens with one attached hydrogen (secondary N) is 2. The summed E-state index contributed by atoms with van der Waals surface area (Å²) in [5.74, 6) is -0.186. The molecule has 0 saturated heterocycles. The number of hydrogen-bond acceptors (Lipinski definition) is 6. The first-order valence-corrected chi connectivity index (χ1v) is 7.25. The Kier molecular flexibility index (Phi) is 4.15. The lowest BCUT2D eigenvalue weighted by Gasteiger charge is -2.30. The standard InChI is InChI=1S/C17H19N3O3/c1-9(17(2,3)4)19-13-14(16(23)15(13)22)20-11-6-5-10(8-18)12(21)7-11/h5-7,9,19-21H,1-4H3. The van der Waals surface area contributed by atoms with Crippen molar-refractivity contribution in [3.05, 3.63) is 44.2 Å². The van der Waals surface area contributed by atoms with Gasteiger partial charge >= 0.3 is 0 Å². The van der Waals surface area contributed by atoms with E-state index >= 15 is 0 Å². The molecule has 0 aliphatic carbocycles. The van der Waals surface area contributed by atoms with Crippen molar-refractivity contribution in [3.63, 3.8) is 0 Å². The van der Waals surface area contributed by atoms with E-state index in [1.54, 1.807) is 6.07 Å². The number of aromatic hydroxyl groups is 1. The van der Waals surface area contributed by atoms with Crippen molar-refractivity contribution >= 4 is 17.1 Å². The van der Waals surface area contributed by atoms with Crippen LogP contribution in [0, 0.1) is 16.7 Å². The van der Waals surface area contributed by atoms with Crippen LogP contribution in [0.15, 0.2) is 27.8 Å². The first-order valence-electron chi connectivity index (χ1n) is 7.25. The maximum Gasteiger partial charge on any atom is 0.253 e. The van der Waals surface area contributed by atoms with Crippen LogP contribution in [0.4, 0.5) is 17.1 Å². The molecular weight excluding hydrogens is 294 g/mol. The summed E-state index contributed by atoms with van der Waals surface area (Å²) in [4.78, 5) is 23.6. The van der Waals surface area contributed by atoms with Gasteiger partial charge in [0.1, 0.15) is 23.2 Å². The molecule has 2 rings (SSSR count). The molecule has 0 radical (unpaired) electrons. The molecule has 0 aliphatic heterocycles. The molecule has 0 aromatic heterocycles. The number of phenolic OH excluding ortho intramolecular Hbond substituents is 1. The van der Waals surface area contributed by atoms with Crippen LogP contribution in [-0.4, -0.2) is 11.1 Å². The van der Waals surface area contributed by atoms with E-state index in [1.165, 1.54) is 12.1 Å². The highest BCUT2D eigenvalue weighted by atomic mass is 16.3. The van der Waals surface area contributed by atoms with Crippen LogP contribution >= 0.6 is 0 Å². The van der Waals surface area contributed by atoms with E-state index < -0.39 is 10.9 Å². The van der Waals surface area contributed by atoms with Crippen molar-refractivity contribution in [2.75, 3.05) is 10.6 Å². The van der Waals surface area contributed by atoms with Crippen molar-refractivity contribution in [1.29, 1.82) is 5.26 Å². The lowest BCUT2D eigenvalue weighted by atomic mass is 9.87. The smallest absolute Gasteiger partial charge is 0.253 e. The third-order valence-corrected chi connectivity index (χ3v) is 3.96. The van der Waals surface area contributed by atoms with Gasteiger partial charge in [0.05, 0.1) is 5.56 Å². The Bertz CT molecular complexity index is 849. The fourth-order valence-corrected chi connectivity index (χ4v) is 1.93. The second kappa shape index (κ2) is 5.76. The quantitative estimate of drug-likeness (QED) is 0.749. The first kappa shape index (κ1) is 16.6. The van der Waals surface area contributed by atoms with Gasteiger partial charge in [-0.1, -0.05) is 20.8 Å². The number of benzene rings is 1. The Morgan fingerprint density at radius 2 is 1.78 bits per heavy atom. The van der Waals surface area contributed by atoms with Crippen LogP contribution in [0.3, 0.4) is 0 Å². The molecule has 1 atom stereocenters. The summed E-state index contributed by atoms with van der Waals surface area (Å²) in [5.41, 5.74) is -0.236. The lowest BCUT2D eigenvalue weighted by Crippen LogP contribution is -2.41. The van der Waals surface area contributed by atoms with E-state index in [0.29, 0.717) is 5.69 Å². The third-order valence-electron chi connectivity index (χ3n) is 3.96. The van der Waals surface area contributed by atoms with Gasteiger partial charge in [-0.3, -0.25) is 9.59 Å². The molecule has 1 unspecified atom stereocenters. The normalized spacial score (nSPS) is 12.7. The van der Waals surface area contributed by atoms with Crippen LogP contribution < -0.4 is 21.5 Å². The maximum atomic E-state index is 11.8. The number of nitriles is 1. The number of phenols is 1. The Morgan fingerprint density at radius 3 is 2.30 bits per heavy atom. The van der Waals surface area contributed by atoms with E-state index in [2.05, 4.69) is 10.6 Å². The minimum atomic E-state index is -0.600. The van der Waals surface area contributed by atoms with Gasteiger partial charge in [-0.05, 0) is 24.5 Å². The monoisotopic (exact) mass is 313 g/mol. The van der Waals surface area contributed by atoms with Gasteiger partial charge in [0.25, 0.3) is 10.9 Å². The van der Waals surface area contributed by atoms with Gasteiger partial charge in [0.15, 0.2) is 0 Å². The SMILES string of the molecule is CC(Nc1c(Nc2ccc(C#N)c(O)c2)c(=O)c1=O)C(C)(C)C. The summed E-state index contributed by atoms with van der Waals surface area (Å²) in [6.07, 6.45) is 0. The summed E-state index contributed by atoms with van der Waals surface area (Å²) in [7, 11) is 0. The van der Waals surface area contributed by atoms with Gasteiger partial charge in [-0.25, -0.2) is 0 Å². The Balaban J connectivity index is 2.27. The fraction of sp³-hybridized carbons (Fsp3) is 0.353. The Labute approximate surface area is 134 Å². The number of hydrogen-bond donors (Lipinski definition) is 3. The maximum absolute atomic E-state index is 11.8. The van der Waals surface area contributed by atoms with Gasteiger partial charge in [-0.15, -0.1) is 0 Å². The molecule has 0 spiro atoms. The third kappa shape index (κ3) is 3.19. The molecule has 0 heterocycles. The van der Waals surface area contributed by atoms with E-state index in [-0.39, 0.29) is 34.1 Å². The first-order chi connectivity index (χ1) is 10.6. The molecule has 0 fully saturated rings. The highest BCUT2D eigenvalue weighted by molar-refractivity contribution is 5.79. The van der Waals surface area contributed by atoms with Crippen molar-refractivity contribution in [1.82, 2.24) is 0 Å². The largest absolute Gasteiger partial charge is 0.506 e. The predicted octanol–water partition coefficient (Wildman–Crippen LogP) is 2.45. The minimum Gasteiger partial charge on any atom is -0.506 e. The fourth-order valence-electron chi connectivity index (χ4n) is 1.93. The molecule has 6 heteroatoms. The van der Waals surface area contributed by atoms with Crippen molar-refractivity contribution in [2.45, 2.75) is 33.7 Å². The molecule has 3 N–H and O–H groups in total. The Morgan fingerprint density at radius 1 is 1.17 bits per heavy atom. The number of anilines is 3. The van der Waals surface area contributed by atoms with Crippen LogP contribution in [0.5, 0.6) is 5.75 Å². The zero-order valence-electron chi connectivity index (χ0n) is 13.5. The van der Waals surface area contributed by atoms with Crippen molar-refractivity contribution < 1.29 is 5.11 Å². The molecule has 0 saturated carbocycles. The van der Waals surface area contributed by atoms with E-state index in [1.807, 2.05) is 33.8 Å². The van der Waals surface area contributed by atoms with Gasteiger partial charge in [0.2, 0.25) is 0 Å². The highest BCUT2D eigenvalue weighted by Crippen LogP contribution is 2.28. The van der Waals surface area contributed by atoms with Gasteiger partial charge in [0, 0.05) is 17.8 Å². The summed E-state index contributed by atoms with van der Waals surface area (Å²) in [6, 6.07) is 6.17. The summed E-state index contributed by atoms with van der Waals surface area (Å²) in [5, 5.41) is 24.4. The summed E-state index contributed by atoms with van der Waals surface area (Å²) in [6.45, 7) is 8.03. The van der Waals surface area contributed by atoms with Crippen molar-refractivity contribution in [2.24, 2.45) is 5.41 Å². The lowest BCUT2D eigenvalue weighted by molar-refractivity contribution is 0.359. The molecule has 120 valence electrons. The van der Waals surface area contributed by atoms with Crippen LogP contribution in [0.25, 0.3) is 0 Å². The molecule has 0 aliphatic rings. The second-order valence-electron chi connectivity index (χ2n) is 6.61. The molecule has 0 amide bonds.